The molecule has 0 aromatic heterocycles. The molecule has 0 aliphatic rings. The Kier molecular flexibility index (Phi) is 11.7. The number of hydrogen-bond acceptors (Lipinski definition) is 3. The van der Waals surface area contributed by atoms with E-state index in [1.165, 1.54) is 36.4 Å². The minimum absolute atomic E-state index is 0.318. The highest BCUT2D eigenvalue weighted by molar-refractivity contribution is 6.36. The average molecular weight is 512 g/mol. The molecule has 0 saturated heterocycles. The number of halogens is 3. The van der Waals surface area contributed by atoms with Crippen molar-refractivity contribution < 1.29 is 27.1 Å². The van der Waals surface area contributed by atoms with Gasteiger partial charge in [-0.1, -0.05) is 76.4 Å². The Hall–Kier alpha value is -2.61. The first-order valence-electron chi connectivity index (χ1n) is 13.2. The van der Waals surface area contributed by atoms with E-state index in [1.807, 2.05) is 20.8 Å². The number of hydrogen-bond donors (Lipinski definition) is 0. The Morgan fingerprint density at radius 3 is 0.946 bits per heavy atom. The molecule has 0 bridgehead atoms. The molecule has 0 N–H and O–H groups in total. The van der Waals surface area contributed by atoms with E-state index in [2.05, 4.69) is 0 Å². The molecule has 198 valence electrons. The van der Waals surface area contributed by atoms with Crippen molar-refractivity contribution in [3.63, 3.8) is 0 Å². The lowest BCUT2D eigenvalue weighted by Crippen LogP contribution is -2.33. The molecule has 0 heterocycles. The third-order valence-corrected chi connectivity index (χ3v) is 6.20. The van der Waals surface area contributed by atoms with Gasteiger partial charge in [0.1, 0.15) is 17.5 Å². The Morgan fingerprint density at radius 1 is 0.486 bits per heavy atom. The lowest BCUT2D eigenvalue weighted by Gasteiger charge is -2.29. The maximum atomic E-state index is 13.6. The van der Waals surface area contributed by atoms with Crippen LogP contribution >= 0.6 is 0 Å². The highest BCUT2D eigenvalue weighted by atomic mass is 19.1. The fraction of sp³-hybridized carbons (Fsp3) is 0.400. The largest absolute Gasteiger partial charge is 0.640 e. The molecule has 3 aromatic carbocycles. The van der Waals surface area contributed by atoms with Gasteiger partial charge in [-0.15, -0.1) is 0 Å². The fourth-order valence-electron chi connectivity index (χ4n) is 4.26. The first kappa shape index (κ1) is 29.0. The van der Waals surface area contributed by atoms with Crippen molar-refractivity contribution in [2.24, 2.45) is 0 Å². The second-order valence-corrected chi connectivity index (χ2v) is 9.18. The van der Waals surface area contributed by atoms with Crippen molar-refractivity contribution in [2.45, 2.75) is 77.6 Å². The smallest absolute Gasteiger partial charge is 0.379 e. The first-order valence-corrected chi connectivity index (χ1v) is 13.2. The molecular formula is C30H36BF3O3. The van der Waals surface area contributed by atoms with E-state index in [-0.39, 0.29) is 35.8 Å². The van der Waals surface area contributed by atoms with Crippen molar-refractivity contribution in [1.82, 2.24) is 0 Å². The fourth-order valence-corrected chi connectivity index (χ4v) is 4.26. The third kappa shape index (κ3) is 9.02. The quantitative estimate of drug-likeness (QED) is 0.190. The highest BCUT2D eigenvalue weighted by Crippen LogP contribution is 2.32. The zero-order chi connectivity index (χ0) is 26.6. The molecule has 37 heavy (non-hydrogen) atoms. The van der Waals surface area contributed by atoms with Crippen LogP contribution in [-0.2, 0) is 14.0 Å². The second-order valence-electron chi connectivity index (χ2n) is 9.18. The molecule has 0 amide bonds. The Labute approximate surface area is 219 Å². The van der Waals surface area contributed by atoms with E-state index >= 15 is 0 Å². The van der Waals surface area contributed by atoms with Gasteiger partial charge < -0.3 is 14.0 Å². The van der Waals surface area contributed by atoms with Crippen LogP contribution in [0.3, 0.4) is 0 Å². The molecule has 3 aromatic rings. The van der Waals surface area contributed by atoms with Crippen LogP contribution in [-0.4, -0.2) is 7.32 Å². The van der Waals surface area contributed by atoms with Crippen molar-refractivity contribution in [2.75, 3.05) is 0 Å². The molecule has 0 spiro atoms. The van der Waals surface area contributed by atoms with E-state index in [0.29, 0.717) is 19.3 Å². The zero-order valence-electron chi connectivity index (χ0n) is 21.8. The van der Waals surface area contributed by atoms with Gasteiger partial charge in [-0.05, 0) is 72.4 Å². The molecule has 0 aliphatic carbocycles. The molecule has 0 fully saturated rings. The highest BCUT2D eigenvalue weighted by Gasteiger charge is 2.33. The lowest BCUT2D eigenvalue weighted by atomic mass is 9.99. The van der Waals surface area contributed by atoms with Crippen LogP contribution in [0.2, 0.25) is 0 Å². The molecule has 3 nitrogen and oxygen atoms in total. The van der Waals surface area contributed by atoms with E-state index in [1.54, 1.807) is 36.4 Å². The van der Waals surface area contributed by atoms with Gasteiger partial charge >= 0.3 is 7.32 Å². The normalized spacial score (nSPS) is 13.8. The first-order chi connectivity index (χ1) is 17.9. The monoisotopic (exact) mass is 512 g/mol. The van der Waals surface area contributed by atoms with E-state index in [0.717, 1.165) is 36.0 Å². The molecule has 3 atom stereocenters. The Balaban J connectivity index is 1.92. The molecule has 0 saturated carbocycles. The van der Waals surface area contributed by atoms with Crippen LogP contribution < -0.4 is 0 Å². The van der Waals surface area contributed by atoms with Gasteiger partial charge in [0.25, 0.3) is 0 Å². The molecule has 0 aliphatic heterocycles. The van der Waals surface area contributed by atoms with Crippen LogP contribution in [0.4, 0.5) is 13.2 Å². The van der Waals surface area contributed by atoms with Gasteiger partial charge in [0.15, 0.2) is 0 Å². The van der Waals surface area contributed by atoms with Gasteiger partial charge in [0.2, 0.25) is 0 Å². The average Bonchev–Trinajstić information content (AvgIpc) is 2.89. The van der Waals surface area contributed by atoms with Crippen LogP contribution in [0, 0.1) is 17.5 Å². The summed E-state index contributed by atoms with van der Waals surface area (Å²) in [7, 11) is -1.06. The molecule has 7 heteroatoms. The molecule has 3 unspecified atom stereocenters. The van der Waals surface area contributed by atoms with E-state index in [9.17, 15) is 13.2 Å². The summed E-state index contributed by atoms with van der Waals surface area (Å²) in [5, 5.41) is 0. The molecule has 0 radical (unpaired) electrons. The molecule has 3 rings (SSSR count). The third-order valence-electron chi connectivity index (χ3n) is 6.20. The summed E-state index contributed by atoms with van der Waals surface area (Å²) in [5.74, 6) is -0.954. The summed E-state index contributed by atoms with van der Waals surface area (Å²) in [6, 6.07) is 18.7. The van der Waals surface area contributed by atoms with Crippen LogP contribution in [0.25, 0.3) is 0 Å². The standard InChI is InChI=1S/C30H36BF3O3/c1-4-7-28(22-10-16-25(32)17-11-22)35-31(36-29(8-5-2)23-12-18-26(33)19-13-23)37-30(9-6-3)24-14-20-27(34)21-15-24/h10-21,28-30H,4-9H2,1-3H3. The van der Waals surface area contributed by atoms with Crippen LogP contribution in [0.15, 0.2) is 72.8 Å². The zero-order valence-corrected chi connectivity index (χ0v) is 21.8. The SMILES string of the molecule is CCCC(OB(OC(CCC)c1ccc(F)cc1)OC(CCC)c1ccc(F)cc1)c1ccc(F)cc1. The van der Waals surface area contributed by atoms with Crippen molar-refractivity contribution >= 4 is 7.32 Å². The number of rotatable bonds is 15. The number of benzene rings is 3. The summed E-state index contributed by atoms with van der Waals surface area (Å²) in [6.07, 6.45) is 3.38. The van der Waals surface area contributed by atoms with Crippen molar-refractivity contribution in [3.8, 4) is 0 Å². The second kappa shape index (κ2) is 15.0. The van der Waals surface area contributed by atoms with Gasteiger partial charge in [-0.25, -0.2) is 13.2 Å². The van der Waals surface area contributed by atoms with Gasteiger partial charge in [-0.3, -0.25) is 0 Å². The van der Waals surface area contributed by atoms with Gasteiger partial charge in [0.05, 0.1) is 18.3 Å². The van der Waals surface area contributed by atoms with Gasteiger partial charge in [-0.2, -0.15) is 0 Å². The summed E-state index contributed by atoms with van der Waals surface area (Å²) < 4.78 is 60.1. The van der Waals surface area contributed by atoms with Crippen molar-refractivity contribution in [1.29, 1.82) is 0 Å². The summed E-state index contributed by atoms with van der Waals surface area (Å²) >= 11 is 0. The van der Waals surface area contributed by atoms with Crippen LogP contribution in [0.1, 0.15) is 94.3 Å². The predicted octanol–water partition coefficient (Wildman–Crippen LogP) is 9.06. The summed E-state index contributed by atoms with van der Waals surface area (Å²) in [4.78, 5) is 0. The van der Waals surface area contributed by atoms with E-state index < -0.39 is 7.32 Å². The van der Waals surface area contributed by atoms with Gasteiger partial charge in [0, 0.05) is 0 Å². The van der Waals surface area contributed by atoms with Crippen molar-refractivity contribution in [3.05, 3.63) is 107 Å². The van der Waals surface area contributed by atoms with E-state index in [4.69, 9.17) is 14.0 Å². The predicted molar refractivity (Wildman–Crippen MR) is 141 cm³/mol. The lowest BCUT2D eigenvalue weighted by molar-refractivity contribution is -0.000619. The summed E-state index contributed by atoms with van der Waals surface area (Å²) in [6.45, 7) is 6.15. The Morgan fingerprint density at radius 2 is 0.730 bits per heavy atom. The topological polar surface area (TPSA) is 27.7 Å². The maximum absolute atomic E-state index is 13.6. The maximum Gasteiger partial charge on any atom is 0.640 e. The summed E-state index contributed by atoms with van der Waals surface area (Å²) in [5.41, 5.74) is 2.47. The minimum Gasteiger partial charge on any atom is -0.379 e. The molecular weight excluding hydrogens is 476 g/mol. The minimum atomic E-state index is -1.06. The Bertz CT molecular complexity index is 908. The van der Waals surface area contributed by atoms with Crippen LogP contribution in [0.5, 0.6) is 0 Å².